The van der Waals surface area contributed by atoms with Gasteiger partial charge < -0.3 is 0 Å². The molecule has 0 spiro atoms. The highest BCUT2D eigenvalue weighted by atomic mass is 16.5. The van der Waals surface area contributed by atoms with Gasteiger partial charge in [-0.2, -0.15) is 4.57 Å². The van der Waals surface area contributed by atoms with E-state index >= 15 is 0 Å². The Morgan fingerprint density at radius 1 is 1.44 bits per heavy atom. The van der Waals surface area contributed by atoms with Crippen molar-refractivity contribution in [3.63, 3.8) is 0 Å². The second-order valence-corrected chi connectivity index (χ2v) is 3.01. The molecule has 1 aromatic rings. The molecule has 0 saturated carbocycles. The Balaban J connectivity index is 2.90. The Hall–Kier alpha value is -0.860. The van der Waals surface area contributed by atoms with Crippen molar-refractivity contribution in [3.8, 4) is 0 Å². The van der Waals surface area contributed by atoms with Crippen LogP contribution in [0.3, 0.4) is 0 Å². The fraction of sp³-hybridized carbons (Fsp3) is 0.667. The van der Waals surface area contributed by atoms with Crippen LogP contribution in [0, 0.1) is 0 Å². The normalized spacial score (nSPS) is 11.9. The molecule has 1 rings (SSSR count). The first kappa shape index (κ1) is 6.26. The van der Waals surface area contributed by atoms with Crippen LogP contribution >= 0.6 is 0 Å². The lowest BCUT2D eigenvalue weighted by Crippen LogP contribution is -2.48. The minimum atomic E-state index is 0.0833. The summed E-state index contributed by atoms with van der Waals surface area (Å²) in [4.78, 5) is 0. The van der Waals surface area contributed by atoms with Gasteiger partial charge in [-0.1, -0.05) is 0 Å². The van der Waals surface area contributed by atoms with E-state index < -0.39 is 0 Å². The third kappa shape index (κ3) is 1.28. The summed E-state index contributed by atoms with van der Waals surface area (Å²) < 4.78 is 6.56. The van der Waals surface area contributed by atoms with Gasteiger partial charge in [0.1, 0.15) is 5.54 Å². The van der Waals surface area contributed by atoms with E-state index in [0.717, 1.165) is 0 Å². The van der Waals surface area contributed by atoms with Gasteiger partial charge in [-0.05, 0) is 20.8 Å². The zero-order valence-corrected chi connectivity index (χ0v) is 5.96. The molecule has 0 saturated heterocycles. The average molecular weight is 127 g/mol. The van der Waals surface area contributed by atoms with Crippen LogP contribution < -0.4 is 4.57 Å². The number of rotatable bonds is 0. The summed E-state index contributed by atoms with van der Waals surface area (Å²) in [5, 5.41) is 3.58. The summed E-state index contributed by atoms with van der Waals surface area (Å²) in [6, 6.07) is 0. The van der Waals surface area contributed by atoms with Crippen LogP contribution in [0.5, 0.6) is 0 Å². The lowest BCUT2D eigenvalue weighted by molar-refractivity contribution is -0.757. The van der Waals surface area contributed by atoms with Crippen molar-refractivity contribution in [1.82, 2.24) is 5.16 Å². The van der Waals surface area contributed by atoms with Gasteiger partial charge in [-0.15, -0.1) is 0 Å². The van der Waals surface area contributed by atoms with Crippen molar-refractivity contribution in [2.75, 3.05) is 0 Å². The first-order valence-electron chi connectivity index (χ1n) is 2.92. The predicted octanol–water partition coefficient (Wildman–Crippen LogP) is 0.717. The van der Waals surface area contributed by atoms with Crippen molar-refractivity contribution in [1.29, 1.82) is 0 Å². The lowest BCUT2D eigenvalue weighted by Gasteiger charge is -2.10. The molecule has 1 heterocycles. The van der Waals surface area contributed by atoms with E-state index in [1.54, 1.807) is 12.7 Å². The molecule has 9 heavy (non-hydrogen) atoms. The number of hydrogen-bond acceptors (Lipinski definition) is 2. The van der Waals surface area contributed by atoms with E-state index in [2.05, 4.69) is 30.5 Å². The third-order valence-electron chi connectivity index (χ3n) is 1.17. The van der Waals surface area contributed by atoms with Crippen molar-refractivity contribution in [2.45, 2.75) is 26.3 Å². The standard InChI is InChI=1S/C6H11N2O/c1-6(2,3)8-4-7-9-5-8/h4-5H,1-3H3/q+1. The lowest BCUT2D eigenvalue weighted by atomic mass is 10.1. The van der Waals surface area contributed by atoms with Gasteiger partial charge in [0.25, 0.3) is 0 Å². The van der Waals surface area contributed by atoms with Crippen molar-refractivity contribution in [2.24, 2.45) is 0 Å². The molecule has 50 valence electrons. The molecule has 3 heteroatoms. The molecule has 0 aromatic carbocycles. The molecule has 0 radical (unpaired) electrons. The zero-order chi connectivity index (χ0) is 6.91. The summed E-state index contributed by atoms with van der Waals surface area (Å²) in [6.45, 7) is 6.26. The van der Waals surface area contributed by atoms with Gasteiger partial charge in [0.15, 0.2) is 5.16 Å². The topological polar surface area (TPSA) is 29.9 Å². The third-order valence-corrected chi connectivity index (χ3v) is 1.17. The summed E-state index contributed by atoms with van der Waals surface area (Å²) in [6.07, 6.45) is 3.26. The zero-order valence-electron chi connectivity index (χ0n) is 5.96. The second kappa shape index (κ2) is 1.83. The molecule has 3 nitrogen and oxygen atoms in total. The highest BCUT2D eigenvalue weighted by Gasteiger charge is 2.18. The summed E-state index contributed by atoms with van der Waals surface area (Å²) in [5.41, 5.74) is 0.0833. The number of nitrogens with zero attached hydrogens (tertiary/aromatic N) is 2. The molecule has 0 aliphatic rings. The highest BCUT2D eigenvalue weighted by molar-refractivity contribution is 4.47. The fourth-order valence-corrected chi connectivity index (χ4v) is 0.515. The Morgan fingerprint density at radius 3 is 2.33 bits per heavy atom. The van der Waals surface area contributed by atoms with E-state index in [4.69, 9.17) is 0 Å². The second-order valence-electron chi connectivity index (χ2n) is 3.01. The maximum absolute atomic E-state index is 4.65. The SMILES string of the molecule is CC(C)(C)[n+]1cnoc1. The van der Waals surface area contributed by atoms with Gasteiger partial charge >= 0.3 is 12.7 Å². The molecule has 0 amide bonds. The minimum absolute atomic E-state index is 0.0833. The molecular weight excluding hydrogens is 116 g/mol. The fourth-order valence-electron chi connectivity index (χ4n) is 0.515. The predicted molar refractivity (Wildman–Crippen MR) is 31.7 cm³/mol. The quantitative estimate of drug-likeness (QED) is 0.480. The molecule has 0 fully saturated rings. The minimum Gasteiger partial charge on any atom is -0.222 e. The molecule has 1 aromatic heterocycles. The van der Waals surface area contributed by atoms with Crippen molar-refractivity contribution < 1.29 is 9.09 Å². The van der Waals surface area contributed by atoms with E-state index in [1.807, 2.05) is 4.57 Å². The molecule has 0 N–H and O–H groups in total. The van der Waals surface area contributed by atoms with Gasteiger partial charge in [-0.3, -0.25) is 0 Å². The van der Waals surface area contributed by atoms with Crippen molar-refractivity contribution >= 4 is 0 Å². The molecular formula is C6H11N2O+. The first-order chi connectivity index (χ1) is 4.11. The van der Waals surface area contributed by atoms with Gasteiger partial charge in [0, 0.05) is 0 Å². The maximum atomic E-state index is 4.65. The van der Waals surface area contributed by atoms with Crippen LogP contribution in [-0.2, 0) is 5.54 Å². The maximum Gasteiger partial charge on any atom is 0.337 e. The Kier molecular flexibility index (Phi) is 1.27. The van der Waals surface area contributed by atoms with Crippen LogP contribution in [0.15, 0.2) is 17.2 Å². The first-order valence-corrected chi connectivity index (χ1v) is 2.92. The van der Waals surface area contributed by atoms with Gasteiger partial charge in [-0.25, -0.2) is 4.52 Å². The molecule has 0 bridgehead atoms. The van der Waals surface area contributed by atoms with Crippen LogP contribution in [0.4, 0.5) is 0 Å². The molecule has 0 aliphatic carbocycles. The number of aromatic nitrogens is 2. The number of hydrogen-bond donors (Lipinski definition) is 0. The van der Waals surface area contributed by atoms with E-state index in [1.165, 1.54) is 0 Å². The average Bonchev–Trinajstić information content (AvgIpc) is 2.08. The van der Waals surface area contributed by atoms with Gasteiger partial charge in [0.2, 0.25) is 0 Å². The highest BCUT2D eigenvalue weighted by Crippen LogP contribution is 2.00. The molecule has 0 unspecified atom stereocenters. The largest absolute Gasteiger partial charge is 0.337 e. The van der Waals surface area contributed by atoms with Crippen LogP contribution in [0.2, 0.25) is 0 Å². The van der Waals surface area contributed by atoms with Crippen LogP contribution in [-0.4, -0.2) is 5.16 Å². The van der Waals surface area contributed by atoms with Crippen LogP contribution in [0.25, 0.3) is 0 Å². The summed E-state index contributed by atoms with van der Waals surface area (Å²) >= 11 is 0. The Bertz CT molecular complexity index is 173. The van der Waals surface area contributed by atoms with Gasteiger partial charge in [0.05, 0.1) is 0 Å². The van der Waals surface area contributed by atoms with E-state index in [0.29, 0.717) is 0 Å². The van der Waals surface area contributed by atoms with E-state index in [-0.39, 0.29) is 5.54 Å². The summed E-state index contributed by atoms with van der Waals surface area (Å²) in [5.74, 6) is 0. The van der Waals surface area contributed by atoms with E-state index in [9.17, 15) is 0 Å². The Labute approximate surface area is 54.3 Å². The molecule has 0 atom stereocenters. The monoisotopic (exact) mass is 127 g/mol. The van der Waals surface area contributed by atoms with Crippen molar-refractivity contribution in [3.05, 3.63) is 12.7 Å². The summed E-state index contributed by atoms with van der Waals surface area (Å²) in [7, 11) is 0. The Morgan fingerprint density at radius 2 is 2.11 bits per heavy atom. The van der Waals surface area contributed by atoms with Crippen LogP contribution in [0.1, 0.15) is 20.8 Å². The smallest absolute Gasteiger partial charge is 0.222 e. The molecule has 0 aliphatic heterocycles.